The molecule has 2 atom stereocenters. The Hall–Kier alpha value is -1.06. The Kier molecular flexibility index (Phi) is 5.39. The van der Waals surface area contributed by atoms with Crippen LogP contribution < -0.4 is 0 Å². The SMILES string of the molecule is CC(C)N(C)C(=O)[C@@H]1CCC[C@H]1C(=O)N(C)C(C)C. The fraction of sp³-hybridized carbons (Fsp3) is 0.867. The molecule has 1 fully saturated rings. The van der Waals surface area contributed by atoms with E-state index in [-0.39, 0.29) is 35.7 Å². The van der Waals surface area contributed by atoms with Gasteiger partial charge in [0.2, 0.25) is 11.8 Å². The molecule has 0 aromatic carbocycles. The molecule has 110 valence electrons. The van der Waals surface area contributed by atoms with Crippen LogP contribution in [0.2, 0.25) is 0 Å². The Morgan fingerprint density at radius 1 is 0.842 bits per heavy atom. The van der Waals surface area contributed by atoms with E-state index in [0.717, 1.165) is 19.3 Å². The van der Waals surface area contributed by atoms with Gasteiger partial charge in [-0.25, -0.2) is 0 Å². The van der Waals surface area contributed by atoms with Crippen LogP contribution in [-0.4, -0.2) is 47.8 Å². The Balaban J connectivity index is 2.79. The Bertz CT molecular complexity index is 307. The Labute approximate surface area is 117 Å². The summed E-state index contributed by atoms with van der Waals surface area (Å²) in [5.41, 5.74) is 0. The zero-order valence-corrected chi connectivity index (χ0v) is 13.1. The summed E-state index contributed by atoms with van der Waals surface area (Å²) < 4.78 is 0. The van der Waals surface area contributed by atoms with Gasteiger partial charge in [-0.1, -0.05) is 6.42 Å². The monoisotopic (exact) mass is 268 g/mol. The van der Waals surface area contributed by atoms with Gasteiger partial charge in [-0.05, 0) is 40.5 Å². The minimum Gasteiger partial charge on any atom is -0.343 e. The maximum absolute atomic E-state index is 12.4. The van der Waals surface area contributed by atoms with Crippen LogP contribution in [-0.2, 0) is 9.59 Å². The van der Waals surface area contributed by atoms with Crippen LogP contribution in [0, 0.1) is 11.8 Å². The molecule has 0 saturated heterocycles. The lowest BCUT2D eigenvalue weighted by Gasteiger charge is -2.30. The highest BCUT2D eigenvalue weighted by Crippen LogP contribution is 2.34. The first-order valence-electron chi connectivity index (χ1n) is 7.30. The molecule has 0 radical (unpaired) electrons. The van der Waals surface area contributed by atoms with Gasteiger partial charge in [-0.2, -0.15) is 0 Å². The van der Waals surface area contributed by atoms with Crippen molar-refractivity contribution in [3.63, 3.8) is 0 Å². The molecular formula is C15H28N2O2. The summed E-state index contributed by atoms with van der Waals surface area (Å²) in [4.78, 5) is 28.4. The molecule has 0 bridgehead atoms. The van der Waals surface area contributed by atoms with Gasteiger partial charge in [0.15, 0.2) is 0 Å². The predicted molar refractivity (Wildman–Crippen MR) is 76.6 cm³/mol. The maximum Gasteiger partial charge on any atom is 0.226 e. The molecule has 0 spiro atoms. The van der Waals surface area contributed by atoms with Gasteiger partial charge in [0.25, 0.3) is 0 Å². The summed E-state index contributed by atoms with van der Waals surface area (Å²) in [5.74, 6) is 0.00760. The van der Waals surface area contributed by atoms with Crippen LogP contribution in [0.15, 0.2) is 0 Å². The number of carbonyl (C=O) groups excluding carboxylic acids is 2. The smallest absolute Gasteiger partial charge is 0.226 e. The standard InChI is InChI=1S/C15H28N2O2/c1-10(2)16(5)14(18)12-8-7-9-13(12)15(19)17(6)11(3)4/h10-13H,7-9H2,1-6H3/t12-,13-/m1/s1. The summed E-state index contributed by atoms with van der Waals surface area (Å²) in [6, 6.07) is 0.373. The molecule has 1 saturated carbocycles. The van der Waals surface area contributed by atoms with Crippen molar-refractivity contribution in [3.8, 4) is 0 Å². The first-order valence-corrected chi connectivity index (χ1v) is 7.30. The minimum atomic E-state index is -0.124. The third-order valence-electron chi connectivity index (χ3n) is 4.39. The second-order valence-electron chi connectivity index (χ2n) is 6.23. The summed E-state index contributed by atoms with van der Waals surface area (Å²) >= 11 is 0. The van der Waals surface area contributed by atoms with Crippen molar-refractivity contribution in [2.75, 3.05) is 14.1 Å². The molecule has 0 aromatic rings. The van der Waals surface area contributed by atoms with Crippen LogP contribution in [0.5, 0.6) is 0 Å². The number of nitrogens with zero attached hydrogens (tertiary/aromatic N) is 2. The molecule has 0 aliphatic heterocycles. The lowest BCUT2D eigenvalue weighted by Crippen LogP contribution is -2.44. The third-order valence-corrected chi connectivity index (χ3v) is 4.39. The van der Waals surface area contributed by atoms with E-state index in [0.29, 0.717) is 0 Å². The van der Waals surface area contributed by atoms with Gasteiger partial charge in [0.05, 0.1) is 0 Å². The van der Waals surface area contributed by atoms with Gasteiger partial charge < -0.3 is 9.80 Å². The lowest BCUT2D eigenvalue weighted by molar-refractivity contribution is -0.145. The van der Waals surface area contributed by atoms with E-state index in [1.54, 1.807) is 9.80 Å². The number of rotatable bonds is 4. The van der Waals surface area contributed by atoms with Crippen molar-refractivity contribution in [1.29, 1.82) is 0 Å². The van der Waals surface area contributed by atoms with E-state index in [1.807, 2.05) is 41.8 Å². The molecule has 0 heterocycles. The van der Waals surface area contributed by atoms with Gasteiger partial charge >= 0.3 is 0 Å². The molecule has 1 aliphatic carbocycles. The first-order chi connectivity index (χ1) is 8.77. The van der Waals surface area contributed by atoms with Crippen LogP contribution in [0.1, 0.15) is 47.0 Å². The van der Waals surface area contributed by atoms with Crippen molar-refractivity contribution >= 4 is 11.8 Å². The van der Waals surface area contributed by atoms with Crippen LogP contribution in [0.3, 0.4) is 0 Å². The van der Waals surface area contributed by atoms with Crippen molar-refractivity contribution in [1.82, 2.24) is 9.80 Å². The quantitative estimate of drug-likeness (QED) is 0.784. The number of hydrogen-bond acceptors (Lipinski definition) is 2. The van der Waals surface area contributed by atoms with E-state index in [2.05, 4.69) is 0 Å². The fourth-order valence-corrected chi connectivity index (χ4v) is 2.58. The highest BCUT2D eigenvalue weighted by atomic mass is 16.2. The van der Waals surface area contributed by atoms with Gasteiger partial charge in [-0.3, -0.25) is 9.59 Å². The first kappa shape index (κ1) is 16.0. The molecular weight excluding hydrogens is 240 g/mol. The highest BCUT2D eigenvalue weighted by molar-refractivity contribution is 5.88. The molecule has 2 amide bonds. The summed E-state index contributed by atoms with van der Waals surface area (Å²) in [5, 5.41) is 0. The van der Waals surface area contributed by atoms with Crippen LogP contribution in [0.25, 0.3) is 0 Å². The average molecular weight is 268 g/mol. The largest absolute Gasteiger partial charge is 0.343 e. The average Bonchev–Trinajstić information content (AvgIpc) is 2.83. The maximum atomic E-state index is 12.4. The van der Waals surface area contributed by atoms with E-state index in [4.69, 9.17) is 0 Å². The number of amides is 2. The van der Waals surface area contributed by atoms with Gasteiger partial charge in [0.1, 0.15) is 0 Å². The normalized spacial score (nSPS) is 22.9. The zero-order chi connectivity index (χ0) is 14.7. The highest BCUT2D eigenvalue weighted by Gasteiger charge is 2.40. The molecule has 0 unspecified atom stereocenters. The second kappa shape index (κ2) is 6.40. The van der Waals surface area contributed by atoms with Crippen molar-refractivity contribution in [2.24, 2.45) is 11.8 Å². The second-order valence-corrected chi connectivity index (χ2v) is 6.23. The summed E-state index contributed by atoms with van der Waals surface area (Å²) in [7, 11) is 3.66. The third kappa shape index (κ3) is 3.48. The van der Waals surface area contributed by atoms with Gasteiger partial charge in [-0.15, -0.1) is 0 Å². The summed E-state index contributed by atoms with van der Waals surface area (Å²) in [6.07, 6.45) is 2.67. The fourth-order valence-electron chi connectivity index (χ4n) is 2.58. The van der Waals surface area contributed by atoms with E-state index in [1.165, 1.54) is 0 Å². The number of hydrogen-bond donors (Lipinski definition) is 0. The molecule has 4 heteroatoms. The zero-order valence-electron chi connectivity index (χ0n) is 13.1. The molecule has 0 N–H and O–H groups in total. The molecule has 1 rings (SSSR count). The Morgan fingerprint density at radius 3 is 1.42 bits per heavy atom. The molecule has 4 nitrogen and oxygen atoms in total. The van der Waals surface area contributed by atoms with Crippen molar-refractivity contribution in [2.45, 2.75) is 59.0 Å². The minimum absolute atomic E-state index is 0.124. The predicted octanol–water partition coefficient (Wildman–Crippen LogP) is 2.14. The van der Waals surface area contributed by atoms with Crippen molar-refractivity contribution < 1.29 is 9.59 Å². The van der Waals surface area contributed by atoms with Crippen molar-refractivity contribution in [3.05, 3.63) is 0 Å². The van der Waals surface area contributed by atoms with Crippen LogP contribution in [0.4, 0.5) is 0 Å². The number of carbonyl (C=O) groups is 2. The van der Waals surface area contributed by atoms with E-state index >= 15 is 0 Å². The van der Waals surface area contributed by atoms with Gasteiger partial charge in [0, 0.05) is 38.0 Å². The summed E-state index contributed by atoms with van der Waals surface area (Å²) in [6.45, 7) is 8.02. The lowest BCUT2D eigenvalue weighted by atomic mass is 9.92. The van der Waals surface area contributed by atoms with Crippen LogP contribution >= 0.6 is 0 Å². The Morgan fingerprint density at radius 2 is 1.16 bits per heavy atom. The molecule has 0 aromatic heterocycles. The molecule has 19 heavy (non-hydrogen) atoms. The molecule has 1 aliphatic rings. The topological polar surface area (TPSA) is 40.6 Å². The van der Waals surface area contributed by atoms with E-state index in [9.17, 15) is 9.59 Å². The van der Waals surface area contributed by atoms with E-state index < -0.39 is 0 Å².